The summed E-state index contributed by atoms with van der Waals surface area (Å²) in [6.45, 7) is 0.262. The lowest BCUT2D eigenvalue weighted by Crippen LogP contribution is -2.52. The lowest BCUT2D eigenvalue weighted by atomic mass is 10.3. The van der Waals surface area contributed by atoms with Gasteiger partial charge in [0.05, 0.1) is 0 Å². The van der Waals surface area contributed by atoms with Crippen LogP contribution in [0, 0.1) is 0 Å². The summed E-state index contributed by atoms with van der Waals surface area (Å²) in [4.78, 5) is 22.3. The topological polar surface area (TPSA) is 75.4 Å². The zero-order valence-electron chi connectivity index (χ0n) is 7.67. The number of nitrogens with two attached hydrogens (primary N) is 1. The van der Waals surface area contributed by atoms with Gasteiger partial charge in [-0.3, -0.25) is 4.79 Å². The first-order valence-electron chi connectivity index (χ1n) is 4.26. The zero-order valence-corrected chi connectivity index (χ0v) is 7.67. The summed E-state index contributed by atoms with van der Waals surface area (Å²) in [5, 5.41) is 1.71. The highest BCUT2D eigenvalue weighted by Gasteiger charge is 2.41. The van der Waals surface area contributed by atoms with Crippen LogP contribution < -0.4 is 11.1 Å². The molecule has 86 valence electrons. The first-order valence-corrected chi connectivity index (χ1v) is 4.26. The van der Waals surface area contributed by atoms with Gasteiger partial charge in [0.1, 0.15) is 6.17 Å². The van der Waals surface area contributed by atoms with E-state index in [4.69, 9.17) is 5.73 Å². The van der Waals surface area contributed by atoms with Gasteiger partial charge < -0.3 is 16.0 Å². The van der Waals surface area contributed by atoms with Gasteiger partial charge in [-0.2, -0.15) is 13.2 Å². The molecule has 1 fully saturated rings. The first-order chi connectivity index (χ1) is 6.82. The van der Waals surface area contributed by atoms with Crippen LogP contribution >= 0.6 is 0 Å². The summed E-state index contributed by atoms with van der Waals surface area (Å²) in [6.07, 6.45) is -5.08. The van der Waals surface area contributed by atoms with Crippen LogP contribution in [0.4, 0.5) is 18.0 Å². The Morgan fingerprint density at radius 2 is 2.00 bits per heavy atom. The fourth-order valence-electron chi connectivity index (χ4n) is 1.41. The Balaban J connectivity index is 2.58. The maximum atomic E-state index is 11.9. The molecule has 3 N–H and O–H groups in total. The zero-order chi connectivity index (χ0) is 11.6. The second kappa shape index (κ2) is 3.95. The van der Waals surface area contributed by atoms with Crippen LogP contribution in [-0.2, 0) is 4.79 Å². The van der Waals surface area contributed by atoms with E-state index in [0.29, 0.717) is 6.42 Å². The maximum Gasteiger partial charge on any atom is 0.471 e. The minimum absolute atomic E-state index is 0.262. The lowest BCUT2D eigenvalue weighted by molar-refractivity contribution is -0.175. The van der Waals surface area contributed by atoms with Gasteiger partial charge in [0.25, 0.3) is 0 Å². The lowest BCUT2D eigenvalue weighted by Gasteiger charge is -2.23. The number of alkyl halides is 3. The summed E-state index contributed by atoms with van der Waals surface area (Å²) in [5.74, 6) is -2.05. The summed E-state index contributed by atoms with van der Waals surface area (Å²) in [5.41, 5.74) is 4.93. The van der Waals surface area contributed by atoms with Crippen molar-refractivity contribution in [2.75, 3.05) is 6.54 Å². The molecule has 0 spiro atoms. The Morgan fingerprint density at radius 3 is 2.47 bits per heavy atom. The number of carbonyl (C=O) groups excluding carboxylic acids is 2. The third-order valence-corrected chi connectivity index (χ3v) is 2.09. The second-order valence-electron chi connectivity index (χ2n) is 3.16. The number of hydrogen-bond acceptors (Lipinski definition) is 2. The van der Waals surface area contributed by atoms with Crippen LogP contribution in [0.5, 0.6) is 0 Å². The quantitative estimate of drug-likeness (QED) is 0.667. The van der Waals surface area contributed by atoms with Crippen molar-refractivity contribution in [3.8, 4) is 0 Å². The molecular weight excluding hydrogens is 215 g/mol. The molecule has 1 aliphatic rings. The Bertz CT molecular complexity index is 279. The van der Waals surface area contributed by atoms with Crippen molar-refractivity contribution >= 4 is 11.9 Å². The van der Waals surface area contributed by atoms with E-state index in [1.807, 2.05) is 0 Å². The van der Waals surface area contributed by atoms with Gasteiger partial charge in [0, 0.05) is 6.54 Å². The summed E-state index contributed by atoms with van der Waals surface area (Å²) in [7, 11) is 0. The normalized spacial score (nSPS) is 21.5. The number of urea groups is 1. The fourth-order valence-corrected chi connectivity index (χ4v) is 1.41. The molecule has 0 radical (unpaired) electrons. The number of halogens is 3. The number of carbonyl (C=O) groups is 2. The highest BCUT2D eigenvalue weighted by atomic mass is 19.4. The molecule has 1 saturated heterocycles. The smallest absolute Gasteiger partial charge is 0.351 e. The number of hydrogen-bond donors (Lipinski definition) is 2. The Morgan fingerprint density at radius 1 is 1.40 bits per heavy atom. The number of primary amides is 1. The summed E-state index contributed by atoms with van der Waals surface area (Å²) < 4.78 is 35.7. The molecule has 0 aromatic heterocycles. The van der Waals surface area contributed by atoms with E-state index in [1.165, 1.54) is 0 Å². The van der Waals surface area contributed by atoms with Gasteiger partial charge in [-0.25, -0.2) is 4.79 Å². The van der Waals surface area contributed by atoms with Crippen molar-refractivity contribution in [2.45, 2.75) is 25.2 Å². The van der Waals surface area contributed by atoms with E-state index >= 15 is 0 Å². The molecule has 5 nitrogen and oxygen atoms in total. The molecule has 3 amide bonds. The molecule has 0 bridgehead atoms. The van der Waals surface area contributed by atoms with E-state index in [0.717, 1.165) is 4.90 Å². The Kier molecular flexibility index (Phi) is 3.06. The van der Waals surface area contributed by atoms with Gasteiger partial charge in [-0.1, -0.05) is 0 Å². The maximum absolute atomic E-state index is 11.9. The molecule has 1 atom stereocenters. The van der Waals surface area contributed by atoms with Crippen molar-refractivity contribution < 1.29 is 22.8 Å². The molecular formula is C7H10F3N3O2. The fraction of sp³-hybridized carbons (Fsp3) is 0.714. The molecule has 0 aliphatic carbocycles. The largest absolute Gasteiger partial charge is 0.471 e. The van der Waals surface area contributed by atoms with Crippen molar-refractivity contribution in [3.63, 3.8) is 0 Å². The third kappa shape index (κ3) is 2.74. The predicted molar refractivity (Wildman–Crippen MR) is 43.5 cm³/mol. The standard InChI is InChI=1S/C7H10F3N3O2/c8-7(9,10)5(14)12-4-2-1-3-13(4)6(11)15/h4H,1-3H2,(H2,11,15)(H,12,14). The van der Waals surface area contributed by atoms with Crippen LogP contribution in [-0.4, -0.2) is 35.7 Å². The average Bonchev–Trinajstić information content (AvgIpc) is 2.50. The van der Waals surface area contributed by atoms with E-state index in [2.05, 4.69) is 0 Å². The summed E-state index contributed by atoms with van der Waals surface area (Å²) in [6, 6.07) is -0.833. The molecule has 1 heterocycles. The molecule has 0 aromatic rings. The van der Waals surface area contributed by atoms with E-state index in [-0.39, 0.29) is 13.0 Å². The van der Waals surface area contributed by atoms with Crippen LogP contribution in [0.15, 0.2) is 0 Å². The van der Waals surface area contributed by atoms with Crippen LogP contribution in [0.1, 0.15) is 12.8 Å². The molecule has 1 rings (SSSR count). The number of amides is 3. The number of nitrogens with zero attached hydrogens (tertiary/aromatic N) is 1. The van der Waals surface area contributed by atoms with E-state index < -0.39 is 24.3 Å². The molecule has 0 saturated carbocycles. The van der Waals surface area contributed by atoms with Crippen LogP contribution in [0.3, 0.4) is 0 Å². The highest BCUT2D eigenvalue weighted by Crippen LogP contribution is 2.18. The van der Waals surface area contributed by atoms with Crippen LogP contribution in [0.25, 0.3) is 0 Å². The van der Waals surface area contributed by atoms with Crippen molar-refractivity contribution in [1.82, 2.24) is 10.2 Å². The van der Waals surface area contributed by atoms with Crippen LogP contribution in [0.2, 0.25) is 0 Å². The third-order valence-electron chi connectivity index (χ3n) is 2.09. The van der Waals surface area contributed by atoms with E-state index in [9.17, 15) is 22.8 Å². The molecule has 0 aromatic carbocycles. The minimum atomic E-state index is -4.94. The van der Waals surface area contributed by atoms with Gasteiger partial charge in [0.15, 0.2) is 0 Å². The highest BCUT2D eigenvalue weighted by molar-refractivity contribution is 5.82. The molecule has 8 heteroatoms. The van der Waals surface area contributed by atoms with Crippen molar-refractivity contribution in [1.29, 1.82) is 0 Å². The van der Waals surface area contributed by atoms with Gasteiger partial charge in [0.2, 0.25) is 0 Å². The summed E-state index contributed by atoms with van der Waals surface area (Å²) >= 11 is 0. The SMILES string of the molecule is NC(=O)N1CCCC1NC(=O)C(F)(F)F. The number of rotatable bonds is 1. The molecule has 1 unspecified atom stereocenters. The average molecular weight is 225 g/mol. The molecule has 15 heavy (non-hydrogen) atoms. The Labute approximate surface area is 83.4 Å². The van der Waals surface area contributed by atoms with Crippen molar-refractivity contribution in [2.24, 2.45) is 5.73 Å². The van der Waals surface area contributed by atoms with Gasteiger partial charge in [-0.05, 0) is 12.8 Å². The second-order valence-corrected chi connectivity index (χ2v) is 3.16. The predicted octanol–water partition coefficient (Wildman–Crippen LogP) is 0.165. The monoisotopic (exact) mass is 225 g/mol. The minimum Gasteiger partial charge on any atom is -0.351 e. The Hall–Kier alpha value is -1.47. The molecule has 1 aliphatic heterocycles. The number of nitrogens with one attached hydrogen (secondary N) is 1. The van der Waals surface area contributed by atoms with Crippen molar-refractivity contribution in [3.05, 3.63) is 0 Å². The van der Waals surface area contributed by atoms with E-state index in [1.54, 1.807) is 5.32 Å². The first kappa shape index (κ1) is 11.6. The van der Waals surface area contributed by atoms with Gasteiger partial charge >= 0.3 is 18.1 Å². The van der Waals surface area contributed by atoms with Gasteiger partial charge in [-0.15, -0.1) is 0 Å². The number of likely N-dealkylation sites (tertiary alicyclic amines) is 1.